The highest BCUT2D eigenvalue weighted by atomic mass is 16.5. The number of hydrogen-bond acceptors (Lipinski definition) is 3. The zero-order valence-electron chi connectivity index (χ0n) is 12.9. The van der Waals surface area contributed by atoms with E-state index >= 15 is 0 Å². The smallest absolute Gasteiger partial charge is 0.325 e. The van der Waals surface area contributed by atoms with E-state index in [0.29, 0.717) is 6.54 Å². The van der Waals surface area contributed by atoms with E-state index in [2.05, 4.69) is 6.58 Å². The van der Waals surface area contributed by atoms with Crippen molar-refractivity contribution in [1.82, 2.24) is 4.90 Å². The van der Waals surface area contributed by atoms with Crippen LogP contribution in [0.4, 0.5) is 0 Å². The second kappa shape index (κ2) is 6.57. The van der Waals surface area contributed by atoms with Crippen LogP contribution in [0.25, 0.3) is 0 Å². The van der Waals surface area contributed by atoms with Gasteiger partial charge >= 0.3 is 5.97 Å². The molecule has 4 nitrogen and oxygen atoms in total. The number of aliphatic carboxylic acids is 1. The van der Waals surface area contributed by atoms with Crippen molar-refractivity contribution in [3.8, 4) is 5.75 Å². The summed E-state index contributed by atoms with van der Waals surface area (Å²) < 4.78 is 5.32. The van der Waals surface area contributed by atoms with Crippen molar-refractivity contribution < 1.29 is 14.6 Å². The van der Waals surface area contributed by atoms with Gasteiger partial charge in [-0.2, -0.15) is 0 Å². The number of nitrogens with zero attached hydrogens (tertiary/aromatic N) is 1. The van der Waals surface area contributed by atoms with Gasteiger partial charge in [0.25, 0.3) is 0 Å². The van der Waals surface area contributed by atoms with E-state index in [0.717, 1.165) is 28.0 Å². The molecule has 1 atom stereocenters. The molecule has 1 N–H and O–H groups in total. The number of benzene rings is 1. The molecule has 1 aromatic carbocycles. The molecule has 0 aromatic heterocycles. The van der Waals surface area contributed by atoms with Crippen LogP contribution in [-0.2, 0) is 4.79 Å². The number of methoxy groups -OCH3 is 1. The summed E-state index contributed by atoms with van der Waals surface area (Å²) in [5, 5.41) is 9.52. The third-order valence-electron chi connectivity index (χ3n) is 3.20. The Morgan fingerprint density at radius 2 is 1.90 bits per heavy atom. The average molecular weight is 277 g/mol. The predicted molar refractivity (Wildman–Crippen MR) is 80.3 cm³/mol. The Bertz CT molecular complexity index is 499. The van der Waals surface area contributed by atoms with Crippen molar-refractivity contribution in [2.75, 3.05) is 20.7 Å². The molecule has 0 amide bonds. The minimum absolute atomic E-state index is 0.543. The molecule has 0 aliphatic rings. The maximum Gasteiger partial charge on any atom is 0.325 e. The molecule has 0 saturated carbocycles. The van der Waals surface area contributed by atoms with Gasteiger partial charge in [0.2, 0.25) is 0 Å². The Labute approximate surface area is 120 Å². The molecule has 0 heterocycles. The van der Waals surface area contributed by atoms with E-state index in [1.165, 1.54) is 0 Å². The summed E-state index contributed by atoms with van der Waals surface area (Å²) in [5.41, 5.74) is 3.58. The summed E-state index contributed by atoms with van der Waals surface area (Å²) in [6, 6.07) is 3.06. The Kier molecular flexibility index (Phi) is 5.34. The van der Waals surface area contributed by atoms with Crippen molar-refractivity contribution in [3.63, 3.8) is 0 Å². The first kappa shape index (κ1) is 16.2. The Balaban J connectivity index is 3.22. The molecule has 0 bridgehead atoms. The van der Waals surface area contributed by atoms with E-state index in [9.17, 15) is 9.90 Å². The molecule has 1 rings (SSSR count). The fourth-order valence-electron chi connectivity index (χ4n) is 2.57. The molecule has 20 heavy (non-hydrogen) atoms. The molecule has 0 saturated heterocycles. The van der Waals surface area contributed by atoms with Crippen molar-refractivity contribution in [1.29, 1.82) is 0 Å². The number of carboxylic acids is 1. The fourth-order valence-corrected chi connectivity index (χ4v) is 2.57. The lowest BCUT2D eigenvalue weighted by Gasteiger charge is -2.26. The molecule has 0 aliphatic carbocycles. The van der Waals surface area contributed by atoms with Crippen LogP contribution in [-0.4, -0.2) is 36.7 Å². The van der Waals surface area contributed by atoms with Gasteiger partial charge in [0, 0.05) is 6.54 Å². The fraction of sp³-hybridized carbons (Fsp3) is 0.438. The monoisotopic (exact) mass is 277 g/mol. The predicted octanol–water partition coefficient (Wildman–Crippen LogP) is 2.95. The number of aryl methyl sites for hydroxylation is 2. The number of likely N-dealkylation sites (N-methyl/N-ethyl adjacent to an activating group) is 1. The Morgan fingerprint density at radius 3 is 2.25 bits per heavy atom. The van der Waals surface area contributed by atoms with E-state index in [4.69, 9.17) is 4.74 Å². The summed E-state index contributed by atoms with van der Waals surface area (Å²) in [6.07, 6.45) is 0. The number of rotatable bonds is 6. The highest BCUT2D eigenvalue weighted by Crippen LogP contribution is 2.29. The van der Waals surface area contributed by atoms with Gasteiger partial charge < -0.3 is 9.84 Å². The second-order valence-corrected chi connectivity index (χ2v) is 5.30. The van der Waals surface area contributed by atoms with E-state index in [-0.39, 0.29) is 0 Å². The Morgan fingerprint density at radius 1 is 1.40 bits per heavy atom. The minimum Gasteiger partial charge on any atom is -0.496 e. The zero-order chi connectivity index (χ0) is 15.4. The molecular weight excluding hydrogens is 254 g/mol. The summed E-state index contributed by atoms with van der Waals surface area (Å²) in [6.45, 7) is 10.1. The molecule has 1 aromatic rings. The van der Waals surface area contributed by atoms with Crippen LogP contribution in [0.5, 0.6) is 5.75 Å². The number of hydrogen-bond donors (Lipinski definition) is 1. The number of carbonyl (C=O) groups is 1. The van der Waals surface area contributed by atoms with Gasteiger partial charge in [-0.15, -0.1) is 0 Å². The molecule has 110 valence electrons. The summed E-state index contributed by atoms with van der Waals surface area (Å²) in [4.78, 5) is 13.4. The van der Waals surface area contributed by atoms with Crippen LogP contribution in [0.2, 0.25) is 0 Å². The summed E-state index contributed by atoms with van der Waals surface area (Å²) in [7, 11) is 3.42. The van der Waals surface area contributed by atoms with Crippen LogP contribution in [0, 0.1) is 13.8 Å². The van der Waals surface area contributed by atoms with E-state index < -0.39 is 12.0 Å². The third-order valence-corrected chi connectivity index (χ3v) is 3.20. The molecule has 0 spiro atoms. The molecule has 0 fully saturated rings. The number of carboxylic acid groups (broad SMARTS) is 1. The van der Waals surface area contributed by atoms with Crippen LogP contribution in [0.1, 0.15) is 29.7 Å². The van der Waals surface area contributed by atoms with Gasteiger partial charge in [0.05, 0.1) is 7.11 Å². The maximum atomic E-state index is 11.6. The molecule has 0 radical (unpaired) electrons. The van der Waals surface area contributed by atoms with Crippen LogP contribution < -0.4 is 4.74 Å². The third kappa shape index (κ3) is 3.61. The standard InChI is InChI=1S/C16H23NO3/c1-10(2)9-17(5)14(16(18)19)13-7-11(3)15(20-6)12(4)8-13/h7-8,14H,1,9H2,2-6H3,(H,18,19). The van der Waals surface area contributed by atoms with Crippen LogP contribution >= 0.6 is 0 Å². The topological polar surface area (TPSA) is 49.8 Å². The first-order valence-corrected chi connectivity index (χ1v) is 6.50. The van der Waals surface area contributed by atoms with Crippen LogP contribution in [0.15, 0.2) is 24.3 Å². The Hall–Kier alpha value is -1.81. The summed E-state index contributed by atoms with van der Waals surface area (Å²) in [5.74, 6) is -0.0573. The van der Waals surface area contributed by atoms with Crippen molar-refractivity contribution in [3.05, 3.63) is 41.0 Å². The molecule has 1 unspecified atom stereocenters. The van der Waals surface area contributed by atoms with Crippen molar-refractivity contribution >= 4 is 5.97 Å². The first-order chi connectivity index (χ1) is 9.27. The highest BCUT2D eigenvalue weighted by Gasteiger charge is 2.25. The van der Waals surface area contributed by atoms with Gasteiger partial charge in [-0.25, -0.2) is 0 Å². The molecular formula is C16H23NO3. The summed E-state index contributed by atoms with van der Waals surface area (Å²) >= 11 is 0. The minimum atomic E-state index is -0.863. The largest absolute Gasteiger partial charge is 0.496 e. The molecule has 4 heteroatoms. The van der Waals surface area contributed by atoms with Gasteiger partial charge in [-0.1, -0.05) is 24.3 Å². The van der Waals surface area contributed by atoms with Gasteiger partial charge in [-0.3, -0.25) is 9.69 Å². The molecule has 0 aliphatic heterocycles. The van der Waals surface area contributed by atoms with Gasteiger partial charge in [0.1, 0.15) is 11.8 Å². The zero-order valence-corrected chi connectivity index (χ0v) is 12.9. The lowest BCUT2D eigenvalue weighted by atomic mass is 9.99. The maximum absolute atomic E-state index is 11.6. The average Bonchev–Trinajstić information content (AvgIpc) is 2.26. The quantitative estimate of drug-likeness (QED) is 0.812. The second-order valence-electron chi connectivity index (χ2n) is 5.30. The lowest BCUT2D eigenvalue weighted by Crippen LogP contribution is -2.32. The first-order valence-electron chi connectivity index (χ1n) is 6.50. The van der Waals surface area contributed by atoms with Crippen molar-refractivity contribution in [2.24, 2.45) is 0 Å². The highest BCUT2D eigenvalue weighted by molar-refractivity contribution is 5.76. The van der Waals surface area contributed by atoms with Gasteiger partial charge in [0.15, 0.2) is 0 Å². The normalized spacial score (nSPS) is 12.3. The number of ether oxygens (including phenoxy) is 1. The SMILES string of the molecule is C=C(C)CN(C)C(C(=O)O)c1cc(C)c(OC)c(C)c1. The van der Waals surface area contributed by atoms with E-state index in [1.54, 1.807) is 19.1 Å². The lowest BCUT2D eigenvalue weighted by molar-refractivity contribution is -0.142. The van der Waals surface area contributed by atoms with Gasteiger partial charge in [-0.05, 0) is 44.5 Å². The van der Waals surface area contributed by atoms with Crippen LogP contribution in [0.3, 0.4) is 0 Å². The van der Waals surface area contributed by atoms with E-state index in [1.807, 2.05) is 32.9 Å². The van der Waals surface area contributed by atoms with Crippen molar-refractivity contribution in [2.45, 2.75) is 26.8 Å².